The van der Waals surface area contributed by atoms with Crippen molar-refractivity contribution in [2.75, 3.05) is 6.61 Å². The molecule has 0 radical (unpaired) electrons. The molecule has 0 bridgehead atoms. The van der Waals surface area contributed by atoms with E-state index in [4.69, 9.17) is 4.74 Å². The summed E-state index contributed by atoms with van der Waals surface area (Å²) in [6, 6.07) is 0. The summed E-state index contributed by atoms with van der Waals surface area (Å²) in [6.07, 6.45) is 3.32. The molecule has 6 heteroatoms. The Morgan fingerprint density at radius 1 is 1.33 bits per heavy atom. The molecule has 0 fully saturated rings. The molecule has 0 aliphatic carbocycles. The van der Waals surface area contributed by atoms with Crippen LogP contribution in [0.1, 0.15) is 11.8 Å². The number of hydrogen-bond acceptors (Lipinski definition) is 5. The maximum Gasteiger partial charge on any atom is 0.143 e. The molecule has 0 saturated carbocycles. The Labute approximate surface area is 108 Å². The third kappa shape index (κ3) is 1.74. The molecule has 3 rings (SSSR count). The second kappa shape index (κ2) is 4.38. The standard InChI is InChI=1S/C12H12N4OS/c1-3-17-10-6-18-7(2)11(10)12-15-8-4-13-14-5-9(8)16-12/h4-6H,3H2,1-2H3,(H,15,16). The molecule has 0 amide bonds. The molecule has 18 heavy (non-hydrogen) atoms. The lowest BCUT2D eigenvalue weighted by Gasteiger charge is -2.03. The van der Waals surface area contributed by atoms with E-state index in [2.05, 4.69) is 27.1 Å². The Bertz CT molecular complexity index is 655. The fourth-order valence-corrected chi connectivity index (χ4v) is 2.66. The minimum atomic E-state index is 0.645. The van der Waals surface area contributed by atoms with Crippen molar-refractivity contribution in [3.05, 3.63) is 22.7 Å². The highest BCUT2D eigenvalue weighted by molar-refractivity contribution is 7.10. The molecule has 0 atom stereocenters. The van der Waals surface area contributed by atoms with Gasteiger partial charge in [-0.3, -0.25) is 0 Å². The predicted octanol–water partition coefficient (Wildman–Crippen LogP) is 2.79. The van der Waals surface area contributed by atoms with Crippen LogP contribution in [0.4, 0.5) is 0 Å². The van der Waals surface area contributed by atoms with Gasteiger partial charge in [0.15, 0.2) is 0 Å². The summed E-state index contributed by atoms with van der Waals surface area (Å²) in [6.45, 7) is 4.68. The normalized spacial score (nSPS) is 11.0. The zero-order chi connectivity index (χ0) is 12.5. The van der Waals surface area contributed by atoms with Gasteiger partial charge in [-0.15, -0.1) is 11.3 Å². The van der Waals surface area contributed by atoms with Crippen LogP contribution < -0.4 is 4.74 Å². The first-order valence-corrected chi connectivity index (χ1v) is 6.55. The number of rotatable bonds is 3. The number of imidazole rings is 1. The molecule has 0 aliphatic heterocycles. The molecule has 3 aromatic rings. The highest BCUT2D eigenvalue weighted by atomic mass is 32.1. The van der Waals surface area contributed by atoms with Crippen molar-refractivity contribution in [1.82, 2.24) is 20.2 Å². The molecule has 92 valence electrons. The average Bonchev–Trinajstić information content (AvgIpc) is 2.93. The molecule has 5 nitrogen and oxygen atoms in total. The lowest BCUT2D eigenvalue weighted by molar-refractivity contribution is 0.343. The van der Waals surface area contributed by atoms with Crippen molar-refractivity contribution in [1.29, 1.82) is 0 Å². The quantitative estimate of drug-likeness (QED) is 0.786. The molecule has 1 N–H and O–H groups in total. The molecule has 0 saturated heterocycles. The second-order valence-corrected chi connectivity index (χ2v) is 4.92. The molecule has 0 unspecified atom stereocenters. The first-order valence-electron chi connectivity index (χ1n) is 5.67. The summed E-state index contributed by atoms with van der Waals surface area (Å²) in [5.41, 5.74) is 2.72. The van der Waals surface area contributed by atoms with Gasteiger partial charge in [0.05, 0.1) is 30.1 Å². The Morgan fingerprint density at radius 2 is 2.17 bits per heavy atom. The number of aromatic amines is 1. The zero-order valence-corrected chi connectivity index (χ0v) is 10.9. The number of hydrogen-bond donors (Lipinski definition) is 1. The lowest BCUT2D eigenvalue weighted by atomic mass is 10.2. The van der Waals surface area contributed by atoms with Crippen LogP contribution in [0.5, 0.6) is 5.75 Å². The number of fused-ring (bicyclic) bond motifs is 1. The summed E-state index contributed by atoms with van der Waals surface area (Å²) in [4.78, 5) is 8.96. The topological polar surface area (TPSA) is 63.7 Å². The molecule has 0 spiro atoms. The predicted molar refractivity (Wildman–Crippen MR) is 70.9 cm³/mol. The third-order valence-electron chi connectivity index (χ3n) is 2.67. The van der Waals surface area contributed by atoms with Crippen LogP contribution in [-0.2, 0) is 0 Å². The van der Waals surface area contributed by atoms with E-state index in [1.165, 1.54) is 4.88 Å². The molecule has 3 heterocycles. The van der Waals surface area contributed by atoms with E-state index in [1.54, 1.807) is 23.7 Å². The fourth-order valence-electron chi connectivity index (χ4n) is 1.87. The van der Waals surface area contributed by atoms with E-state index in [1.807, 2.05) is 12.3 Å². The Morgan fingerprint density at radius 3 is 2.94 bits per heavy atom. The van der Waals surface area contributed by atoms with Crippen LogP contribution in [0.15, 0.2) is 17.8 Å². The summed E-state index contributed by atoms with van der Waals surface area (Å²) < 4.78 is 5.63. The number of aryl methyl sites for hydroxylation is 1. The Balaban J connectivity index is 2.16. The first-order chi connectivity index (χ1) is 8.79. The van der Waals surface area contributed by atoms with E-state index in [0.29, 0.717) is 6.61 Å². The van der Waals surface area contributed by atoms with Gasteiger partial charge in [0.1, 0.15) is 17.1 Å². The molecule has 0 aliphatic rings. The van der Waals surface area contributed by atoms with E-state index < -0.39 is 0 Å². The molecular formula is C12H12N4OS. The van der Waals surface area contributed by atoms with Crippen molar-refractivity contribution in [2.45, 2.75) is 13.8 Å². The number of nitrogens with one attached hydrogen (secondary N) is 1. The van der Waals surface area contributed by atoms with E-state index in [9.17, 15) is 0 Å². The highest BCUT2D eigenvalue weighted by Gasteiger charge is 2.15. The van der Waals surface area contributed by atoms with Gasteiger partial charge in [-0.2, -0.15) is 10.2 Å². The van der Waals surface area contributed by atoms with Gasteiger partial charge in [-0.25, -0.2) is 4.98 Å². The van der Waals surface area contributed by atoms with Crippen LogP contribution in [0.3, 0.4) is 0 Å². The minimum Gasteiger partial charge on any atom is -0.492 e. The van der Waals surface area contributed by atoms with Gasteiger partial charge < -0.3 is 9.72 Å². The molecular weight excluding hydrogens is 248 g/mol. The zero-order valence-electron chi connectivity index (χ0n) is 10.1. The number of thiophene rings is 1. The lowest BCUT2D eigenvalue weighted by Crippen LogP contribution is -1.92. The first kappa shape index (κ1) is 11.2. The van der Waals surface area contributed by atoms with Crippen LogP contribution in [-0.4, -0.2) is 26.8 Å². The van der Waals surface area contributed by atoms with E-state index >= 15 is 0 Å². The summed E-state index contributed by atoms with van der Waals surface area (Å²) in [7, 11) is 0. The number of nitrogens with zero attached hydrogens (tertiary/aromatic N) is 3. The van der Waals surface area contributed by atoms with E-state index in [-0.39, 0.29) is 0 Å². The van der Waals surface area contributed by atoms with Crippen molar-refractivity contribution < 1.29 is 4.74 Å². The average molecular weight is 260 g/mol. The summed E-state index contributed by atoms with van der Waals surface area (Å²) in [5.74, 6) is 1.68. The van der Waals surface area contributed by atoms with Gasteiger partial charge in [-0.1, -0.05) is 0 Å². The maximum absolute atomic E-state index is 5.63. The highest BCUT2D eigenvalue weighted by Crippen LogP contribution is 2.37. The van der Waals surface area contributed by atoms with Gasteiger partial charge in [0, 0.05) is 10.3 Å². The van der Waals surface area contributed by atoms with Crippen LogP contribution in [0.25, 0.3) is 22.4 Å². The Kier molecular flexibility index (Phi) is 2.71. The van der Waals surface area contributed by atoms with Crippen LogP contribution >= 0.6 is 11.3 Å². The van der Waals surface area contributed by atoms with Crippen molar-refractivity contribution in [3.63, 3.8) is 0 Å². The summed E-state index contributed by atoms with van der Waals surface area (Å²) in [5, 5.41) is 9.68. The third-order valence-corrected chi connectivity index (χ3v) is 3.56. The van der Waals surface area contributed by atoms with Gasteiger partial charge in [0.25, 0.3) is 0 Å². The summed E-state index contributed by atoms with van der Waals surface area (Å²) >= 11 is 1.66. The number of H-pyrrole nitrogens is 1. The van der Waals surface area contributed by atoms with Gasteiger partial charge >= 0.3 is 0 Å². The van der Waals surface area contributed by atoms with Gasteiger partial charge in [0.2, 0.25) is 0 Å². The molecule has 3 aromatic heterocycles. The molecule has 0 aromatic carbocycles. The van der Waals surface area contributed by atoms with Crippen molar-refractivity contribution in [2.24, 2.45) is 0 Å². The smallest absolute Gasteiger partial charge is 0.143 e. The number of ether oxygens (including phenoxy) is 1. The number of aromatic nitrogens is 4. The second-order valence-electron chi connectivity index (χ2n) is 3.84. The van der Waals surface area contributed by atoms with Crippen molar-refractivity contribution in [3.8, 4) is 17.1 Å². The fraction of sp³-hybridized carbons (Fsp3) is 0.250. The monoisotopic (exact) mass is 260 g/mol. The van der Waals surface area contributed by atoms with Crippen molar-refractivity contribution >= 4 is 22.4 Å². The van der Waals surface area contributed by atoms with Crippen LogP contribution in [0.2, 0.25) is 0 Å². The van der Waals surface area contributed by atoms with Gasteiger partial charge in [-0.05, 0) is 13.8 Å². The largest absolute Gasteiger partial charge is 0.492 e. The van der Waals surface area contributed by atoms with E-state index in [0.717, 1.165) is 28.2 Å². The SMILES string of the molecule is CCOc1csc(C)c1-c1nc2cnncc2[nH]1. The Hall–Kier alpha value is -1.95. The maximum atomic E-state index is 5.63. The van der Waals surface area contributed by atoms with Crippen LogP contribution in [0, 0.1) is 6.92 Å². The minimum absolute atomic E-state index is 0.645.